The minimum absolute atomic E-state index is 0.0469. The molecule has 0 aliphatic carbocycles. The van der Waals surface area contributed by atoms with E-state index in [4.69, 9.17) is 9.84 Å². The zero-order chi connectivity index (χ0) is 8.43. The van der Waals surface area contributed by atoms with Crippen LogP contribution < -0.4 is 0 Å². The van der Waals surface area contributed by atoms with E-state index in [1.165, 1.54) is 0 Å². The van der Waals surface area contributed by atoms with Gasteiger partial charge in [-0.15, -0.1) is 0 Å². The van der Waals surface area contributed by atoms with E-state index in [0.29, 0.717) is 6.61 Å². The maximum atomic E-state index is 10.4. The van der Waals surface area contributed by atoms with Crippen molar-refractivity contribution in [2.45, 2.75) is 25.6 Å². The van der Waals surface area contributed by atoms with Gasteiger partial charge < -0.3 is 14.9 Å². The smallest absolute Gasteiger partial charge is 0.332 e. The molecule has 0 amide bonds. The highest BCUT2D eigenvalue weighted by Crippen LogP contribution is 2.18. The third kappa shape index (κ3) is 1.91. The van der Waals surface area contributed by atoms with E-state index in [0.717, 1.165) is 0 Å². The second kappa shape index (κ2) is 3.19. The predicted octanol–water partition coefficient (Wildman–Crippen LogP) is -0.143. The summed E-state index contributed by atoms with van der Waals surface area (Å²) in [6.07, 6.45) is -1.15. The second-order valence-corrected chi connectivity index (χ2v) is 2.94. The molecule has 0 radical (unpaired) electrons. The maximum absolute atomic E-state index is 10.4. The summed E-state index contributed by atoms with van der Waals surface area (Å²) in [4.78, 5) is 10.4. The van der Waals surface area contributed by atoms with Crippen LogP contribution in [0, 0.1) is 5.92 Å². The highest BCUT2D eigenvalue weighted by molar-refractivity contribution is 5.72. The van der Waals surface area contributed by atoms with Gasteiger partial charge in [-0.05, 0) is 0 Å². The number of carbonyl (C=O) groups is 1. The van der Waals surface area contributed by atoms with Crippen LogP contribution in [0.4, 0.5) is 0 Å². The molecule has 64 valence electrons. The molecule has 1 aliphatic heterocycles. The Morgan fingerprint density at radius 3 is 2.73 bits per heavy atom. The first-order valence-corrected chi connectivity index (χ1v) is 3.63. The lowest BCUT2D eigenvalue weighted by molar-refractivity contribution is -0.161. The average molecular weight is 160 g/mol. The van der Waals surface area contributed by atoms with Gasteiger partial charge in [-0.25, -0.2) is 4.79 Å². The molecule has 3 atom stereocenters. The molecule has 1 fully saturated rings. The van der Waals surface area contributed by atoms with Gasteiger partial charge in [0.15, 0.2) is 6.10 Å². The normalized spacial score (nSPS) is 38.5. The summed E-state index contributed by atoms with van der Waals surface area (Å²) in [5.41, 5.74) is 0. The fourth-order valence-electron chi connectivity index (χ4n) is 1.07. The number of aliphatic hydroxyl groups excluding tert-OH is 1. The lowest BCUT2D eigenvalue weighted by Crippen LogP contribution is -2.39. The molecule has 1 aliphatic rings. The van der Waals surface area contributed by atoms with Gasteiger partial charge in [0.2, 0.25) is 0 Å². The van der Waals surface area contributed by atoms with Gasteiger partial charge in [0.05, 0.1) is 12.7 Å². The third-order valence-corrected chi connectivity index (χ3v) is 1.95. The van der Waals surface area contributed by atoms with Crippen LogP contribution in [-0.2, 0) is 9.53 Å². The third-order valence-electron chi connectivity index (χ3n) is 1.95. The molecule has 1 heterocycles. The first-order valence-electron chi connectivity index (χ1n) is 3.63. The van der Waals surface area contributed by atoms with E-state index < -0.39 is 18.2 Å². The van der Waals surface area contributed by atoms with Crippen molar-refractivity contribution in [2.24, 2.45) is 5.92 Å². The minimum Gasteiger partial charge on any atom is -0.479 e. The van der Waals surface area contributed by atoms with E-state index >= 15 is 0 Å². The zero-order valence-electron chi connectivity index (χ0n) is 6.36. The van der Waals surface area contributed by atoms with Gasteiger partial charge in [0.25, 0.3) is 0 Å². The molecule has 2 N–H and O–H groups in total. The number of carboxylic acid groups (broad SMARTS) is 1. The first kappa shape index (κ1) is 8.49. The quantitative estimate of drug-likeness (QED) is 0.560. The number of carboxylic acids is 1. The Morgan fingerprint density at radius 2 is 2.27 bits per heavy atom. The average Bonchev–Trinajstić information content (AvgIpc) is 1.94. The van der Waals surface area contributed by atoms with Crippen molar-refractivity contribution < 1.29 is 19.7 Å². The van der Waals surface area contributed by atoms with Crippen LogP contribution in [0.1, 0.15) is 13.3 Å². The molecule has 4 nitrogen and oxygen atoms in total. The number of aliphatic carboxylic acids is 1. The predicted molar refractivity (Wildman–Crippen MR) is 37.2 cm³/mol. The standard InChI is InChI=1S/C7H12O4/c1-4-3-11-6(7(9)10)2-5(4)8/h4-6,8H,2-3H2,1H3,(H,9,10). The van der Waals surface area contributed by atoms with Gasteiger partial charge in [-0.1, -0.05) is 6.92 Å². The Hall–Kier alpha value is -0.610. The lowest BCUT2D eigenvalue weighted by atomic mass is 9.97. The molecular weight excluding hydrogens is 148 g/mol. The number of hydrogen-bond acceptors (Lipinski definition) is 3. The van der Waals surface area contributed by atoms with E-state index in [9.17, 15) is 9.90 Å². The number of ether oxygens (including phenoxy) is 1. The number of aliphatic hydroxyl groups is 1. The van der Waals surface area contributed by atoms with Gasteiger partial charge in [-0.3, -0.25) is 0 Å². The molecule has 0 aromatic rings. The van der Waals surface area contributed by atoms with Crippen LogP contribution in [0.2, 0.25) is 0 Å². The highest BCUT2D eigenvalue weighted by Gasteiger charge is 2.30. The van der Waals surface area contributed by atoms with Gasteiger partial charge in [0, 0.05) is 12.3 Å². The maximum Gasteiger partial charge on any atom is 0.332 e. The van der Waals surface area contributed by atoms with Crippen molar-refractivity contribution in [1.29, 1.82) is 0 Å². The van der Waals surface area contributed by atoms with Crippen molar-refractivity contribution in [1.82, 2.24) is 0 Å². The van der Waals surface area contributed by atoms with E-state index in [1.807, 2.05) is 6.92 Å². The van der Waals surface area contributed by atoms with Gasteiger partial charge in [-0.2, -0.15) is 0 Å². The van der Waals surface area contributed by atoms with Crippen LogP contribution >= 0.6 is 0 Å². The molecular formula is C7H12O4. The summed E-state index contributed by atoms with van der Waals surface area (Å²) in [5.74, 6) is -0.943. The van der Waals surface area contributed by atoms with Crippen molar-refractivity contribution >= 4 is 5.97 Å². The lowest BCUT2D eigenvalue weighted by Gasteiger charge is -2.28. The molecule has 0 aromatic heterocycles. The van der Waals surface area contributed by atoms with Crippen LogP contribution in [0.25, 0.3) is 0 Å². The van der Waals surface area contributed by atoms with Crippen LogP contribution in [0.5, 0.6) is 0 Å². The van der Waals surface area contributed by atoms with Crippen molar-refractivity contribution in [3.05, 3.63) is 0 Å². The van der Waals surface area contributed by atoms with E-state index in [-0.39, 0.29) is 12.3 Å². The summed E-state index contributed by atoms with van der Waals surface area (Å²) in [5, 5.41) is 17.8. The molecule has 0 bridgehead atoms. The largest absolute Gasteiger partial charge is 0.479 e. The first-order chi connectivity index (χ1) is 5.11. The Balaban J connectivity index is 2.46. The summed E-state index contributed by atoms with van der Waals surface area (Å²) in [7, 11) is 0. The van der Waals surface area contributed by atoms with Crippen LogP contribution in [0.3, 0.4) is 0 Å². The molecule has 1 rings (SSSR count). The topological polar surface area (TPSA) is 66.8 Å². The Morgan fingerprint density at radius 1 is 1.64 bits per heavy atom. The Labute approximate surface area is 64.8 Å². The second-order valence-electron chi connectivity index (χ2n) is 2.94. The minimum atomic E-state index is -0.990. The summed E-state index contributed by atoms with van der Waals surface area (Å²) in [6, 6.07) is 0. The summed E-state index contributed by atoms with van der Waals surface area (Å²) < 4.78 is 4.96. The van der Waals surface area contributed by atoms with Gasteiger partial charge in [0.1, 0.15) is 0 Å². The number of rotatable bonds is 1. The van der Waals surface area contributed by atoms with Crippen molar-refractivity contribution in [3.63, 3.8) is 0 Å². The SMILES string of the molecule is CC1COC(C(=O)O)CC1O. The Bertz CT molecular complexity index is 157. The number of hydrogen-bond donors (Lipinski definition) is 2. The van der Waals surface area contributed by atoms with E-state index in [1.54, 1.807) is 0 Å². The summed E-state index contributed by atoms with van der Waals surface area (Å²) >= 11 is 0. The Kier molecular flexibility index (Phi) is 2.46. The fourth-order valence-corrected chi connectivity index (χ4v) is 1.07. The molecule has 0 aromatic carbocycles. The molecule has 1 saturated heterocycles. The monoisotopic (exact) mass is 160 g/mol. The molecule has 11 heavy (non-hydrogen) atoms. The van der Waals surface area contributed by atoms with Crippen molar-refractivity contribution in [3.8, 4) is 0 Å². The van der Waals surface area contributed by atoms with Crippen LogP contribution in [0.15, 0.2) is 0 Å². The summed E-state index contributed by atoms with van der Waals surface area (Å²) in [6.45, 7) is 2.17. The van der Waals surface area contributed by atoms with Crippen LogP contribution in [-0.4, -0.2) is 35.0 Å². The van der Waals surface area contributed by atoms with Crippen molar-refractivity contribution in [2.75, 3.05) is 6.61 Å². The molecule has 0 spiro atoms. The zero-order valence-corrected chi connectivity index (χ0v) is 6.36. The molecule has 0 saturated carbocycles. The fraction of sp³-hybridized carbons (Fsp3) is 0.857. The van der Waals surface area contributed by atoms with Gasteiger partial charge >= 0.3 is 5.97 Å². The molecule has 3 unspecified atom stereocenters. The van der Waals surface area contributed by atoms with E-state index in [2.05, 4.69) is 0 Å². The highest BCUT2D eigenvalue weighted by atomic mass is 16.5. The molecule has 4 heteroatoms.